The van der Waals surface area contributed by atoms with Crippen LogP contribution in [-0.2, 0) is 11.2 Å². The van der Waals surface area contributed by atoms with Crippen LogP contribution in [-0.4, -0.2) is 42.1 Å². The summed E-state index contributed by atoms with van der Waals surface area (Å²) in [5.74, 6) is -0.339. The van der Waals surface area contributed by atoms with E-state index in [2.05, 4.69) is 66.3 Å². The van der Waals surface area contributed by atoms with Crippen LogP contribution in [0, 0.1) is 11.3 Å². The molecule has 7 heteroatoms. The highest BCUT2D eigenvalue weighted by molar-refractivity contribution is 7.11. The number of esters is 1. The number of likely N-dealkylation sites (N-methyl/N-ethyl adjacent to an activating group) is 1. The maximum Gasteiger partial charge on any atom is 0.338 e. The van der Waals surface area contributed by atoms with Gasteiger partial charge in [0.1, 0.15) is 23.3 Å². The van der Waals surface area contributed by atoms with E-state index in [0.717, 1.165) is 43.0 Å². The van der Waals surface area contributed by atoms with Crippen LogP contribution >= 0.6 is 11.3 Å². The van der Waals surface area contributed by atoms with E-state index >= 15 is 0 Å². The highest BCUT2D eigenvalue weighted by atomic mass is 32.1. The molecule has 2 aromatic carbocycles. The van der Waals surface area contributed by atoms with Crippen molar-refractivity contribution in [2.75, 3.05) is 31.6 Å². The van der Waals surface area contributed by atoms with E-state index < -0.39 is 0 Å². The Labute approximate surface area is 205 Å². The van der Waals surface area contributed by atoms with E-state index in [4.69, 9.17) is 4.74 Å². The molecule has 0 fully saturated rings. The fourth-order valence-corrected chi connectivity index (χ4v) is 4.13. The predicted octanol–water partition coefficient (Wildman–Crippen LogP) is 5.85. The van der Waals surface area contributed by atoms with E-state index in [0.29, 0.717) is 22.8 Å². The zero-order valence-electron chi connectivity index (χ0n) is 19.9. The van der Waals surface area contributed by atoms with Crippen LogP contribution in [0.2, 0.25) is 0 Å². The second-order valence-electron chi connectivity index (χ2n) is 7.64. The van der Waals surface area contributed by atoms with Crippen LogP contribution in [0.3, 0.4) is 0 Å². The lowest BCUT2D eigenvalue weighted by Crippen LogP contribution is -2.27. The van der Waals surface area contributed by atoms with E-state index in [-0.39, 0.29) is 5.97 Å². The first-order valence-corrected chi connectivity index (χ1v) is 12.4. The molecule has 0 spiro atoms. The van der Waals surface area contributed by atoms with Gasteiger partial charge in [0.15, 0.2) is 0 Å². The molecule has 0 bridgehead atoms. The number of ether oxygens (including phenoxy) is 1. The summed E-state index contributed by atoms with van der Waals surface area (Å²) in [7, 11) is 0. The normalized spacial score (nSPS) is 11.3. The van der Waals surface area contributed by atoms with Gasteiger partial charge in [-0.3, -0.25) is 0 Å². The fraction of sp³-hybridized carbons (Fsp3) is 0.296. The highest BCUT2D eigenvalue weighted by Crippen LogP contribution is 2.26. The van der Waals surface area contributed by atoms with E-state index in [1.165, 1.54) is 16.9 Å². The van der Waals surface area contributed by atoms with Gasteiger partial charge in [-0.25, -0.2) is 9.78 Å². The Hall–Kier alpha value is -3.47. The molecule has 0 aliphatic carbocycles. The lowest BCUT2D eigenvalue weighted by molar-refractivity contribution is 0.0466. The Bertz CT molecular complexity index is 1140. The number of allylic oxidation sites excluding steroid dienone is 1. The molecule has 0 aliphatic rings. The average Bonchev–Trinajstić information content (AvgIpc) is 3.37. The Morgan fingerprint density at radius 2 is 1.82 bits per heavy atom. The van der Waals surface area contributed by atoms with Gasteiger partial charge in [-0.05, 0) is 49.3 Å². The Balaban J connectivity index is 1.60. The number of carbonyl (C=O) groups is 1. The largest absolute Gasteiger partial charge is 0.461 e. The van der Waals surface area contributed by atoms with Crippen LogP contribution in [0.4, 0.5) is 5.69 Å². The van der Waals surface area contributed by atoms with Crippen molar-refractivity contribution in [3.63, 3.8) is 0 Å². The van der Waals surface area contributed by atoms with Gasteiger partial charge >= 0.3 is 5.97 Å². The summed E-state index contributed by atoms with van der Waals surface area (Å²) >= 11 is 1.43. The first-order chi connectivity index (χ1) is 16.6. The van der Waals surface area contributed by atoms with Crippen molar-refractivity contribution < 1.29 is 9.53 Å². The van der Waals surface area contributed by atoms with Crippen LogP contribution in [0.5, 0.6) is 0 Å². The van der Waals surface area contributed by atoms with E-state index in [1.54, 1.807) is 30.5 Å². The van der Waals surface area contributed by atoms with Crippen molar-refractivity contribution in [1.29, 1.82) is 5.26 Å². The van der Waals surface area contributed by atoms with Gasteiger partial charge in [-0.2, -0.15) is 5.26 Å². The number of hydrogen-bond acceptors (Lipinski definition) is 7. The smallest absolute Gasteiger partial charge is 0.338 e. The summed E-state index contributed by atoms with van der Waals surface area (Å²) in [5, 5.41) is 15.4. The van der Waals surface area contributed by atoms with Gasteiger partial charge in [0.2, 0.25) is 0 Å². The Morgan fingerprint density at radius 1 is 1.12 bits per heavy atom. The quantitative estimate of drug-likeness (QED) is 0.278. The van der Waals surface area contributed by atoms with Crippen molar-refractivity contribution >= 4 is 28.6 Å². The topological polar surface area (TPSA) is 78.2 Å². The van der Waals surface area contributed by atoms with Gasteiger partial charge in [-0.15, -0.1) is 11.3 Å². The molecule has 34 heavy (non-hydrogen) atoms. The van der Waals surface area contributed by atoms with Gasteiger partial charge in [0.05, 0.1) is 11.3 Å². The SMILES string of the molecule is CCc1ccc(-c2csc(/C(C#N)=C/Nc3ccc(C(=O)OCCN(CC)CC)cc3)n2)cc1. The number of aromatic nitrogens is 1. The molecule has 1 heterocycles. The molecule has 6 nitrogen and oxygen atoms in total. The van der Waals surface area contributed by atoms with Crippen LogP contribution in [0.15, 0.2) is 60.1 Å². The standard InChI is InChI=1S/C27H30N4O2S/c1-4-20-7-9-21(10-8-20)25-19-34-26(30-25)23(17-28)18-29-24-13-11-22(12-14-24)27(32)33-16-15-31(5-2)6-3/h7-14,18-19,29H,4-6,15-16H2,1-3H3/b23-18+. The zero-order chi connectivity index (χ0) is 24.3. The third kappa shape index (κ3) is 6.77. The number of nitrogens with zero attached hydrogens (tertiary/aromatic N) is 3. The number of carbonyl (C=O) groups excluding carboxylic acids is 1. The van der Waals surface area contributed by atoms with Crippen molar-refractivity contribution in [1.82, 2.24) is 9.88 Å². The molecule has 0 saturated heterocycles. The maximum absolute atomic E-state index is 12.2. The summed E-state index contributed by atoms with van der Waals surface area (Å²) in [6, 6.07) is 17.5. The summed E-state index contributed by atoms with van der Waals surface area (Å²) in [6.45, 7) is 9.25. The molecule has 0 amide bonds. The highest BCUT2D eigenvalue weighted by Gasteiger charge is 2.10. The van der Waals surface area contributed by atoms with Crippen molar-refractivity contribution in [2.24, 2.45) is 0 Å². The number of thiazole rings is 1. The molecule has 3 rings (SSSR count). The van der Waals surface area contributed by atoms with Gasteiger partial charge < -0.3 is 15.0 Å². The minimum absolute atomic E-state index is 0.339. The summed E-state index contributed by atoms with van der Waals surface area (Å²) < 4.78 is 5.36. The average molecular weight is 475 g/mol. The number of benzene rings is 2. The summed E-state index contributed by atoms with van der Waals surface area (Å²) in [6.07, 6.45) is 2.63. The number of nitriles is 1. The van der Waals surface area contributed by atoms with Crippen LogP contribution in [0.25, 0.3) is 16.8 Å². The molecular weight excluding hydrogens is 444 g/mol. The molecule has 0 radical (unpaired) electrons. The maximum atomic E-state index is 12.2. The molecule has 0 unspecified atom stereocenters. The Morgan fingerprint density at radius 3 is 2.44 bits per heavy atom. The number of rotatable bonds is 11. The van der Waals surface area contributed by atoms with Crippen molar-refractivity contribution in [2.45, 2.75) is 27.2 Å². The van der Waals surface area contributed by atoms with Gasteiger partial charge in [0, 0.05) is 29.4 Å². The summed E-state index contributed by atoms with van der Waals surface area (Å²) in [5.41, 5.74) is 4.87. The molecule has 1 aromatic heterocycles. The first kappa shape index (κ1) is 25.2. The second-order valence-corrected chi connectivity index (χ2v) is 8.50. The predicted molar refractivity (Wildman–Crippen MR) is 139 cm³/mol. The van der Waals surface area contributed by atoms with Crippen molar-refractivity contribution in [3.8, 4) is 17.3 Å². The lowest BCUT2D eigenvalue weighted by Gasteiger charge is -2.17. The Kier molecular flexibility index (Phi) is 9.39. The number of nitrogens with one attached hydrogen (secondary N) is 1. The third-order valence-corrected chi connectivity index (χ3v) is 6.43. The summed E-state index contributed by atoms with van der Waals surface area (Å²) in [4.78, 5) is 19.1. The molecule has 0 aliphatic heterocycles. The van der Waals surface area contributed by atoms with E-state index in [9.17, 15) is 10.1 Å². The molecule has 0 atom stereocenters. The number of anilines is 1. The number of hydrogen-bond donors (Lipinski definition) is 1. The van der Waals surface area contributed by atoms with Crippen LogP contribution in [0.1, 0.15) is 41.7 Å². The molecule has 176 valence electrons. The lowest BCUT2D eigenvalue weighted by atomic mass is 10.1. The minimum Gasteiger partial charge on any atom is -0.461 e. The molecule has 1 N–H and O–H groups in total. The monoisotopic (exact) mass is 474 g/mol. The fourth-order valence-electron chi connectivity index (χ4n) is 3.33. The molecule has 0 saturated carbocycles. The van der Waals surface area contributed by atoms with Crippen molar-refractivity contribution in [3.05, 3.63) is 76.2 Å². The van der Waals surface area contributed by atoms with Gasteiger partial charge in [-0.1, -0.05) is 45.0 Å². The van der Waals surface area contributed by atoms with E-state index in [1.807, 2.05) is 5.38 Å². The number of aryl methyl sites for hydroxylation is 1. The minimum atomic E-state index is -0.339. The third-order valence-electron chi connectivity index (χ3n) is 5.55. The van der Waals surface area contributed by atoms with Crippen LogP contribution < -0.4 is 5.32 Å². The first-order valence-electron chi connectivity index (χ1n) is 11.5. The van der Waals surface area contributed by atoms with Gasteiger partial charge in [0.25, 0.3) is 0 Å². The molecular formula is C27H30N4O2S. The zero-order valence-corrected chi connectivity index (χ0v) is 20.7. The second kappa shape index (κ2) is 12.7. The molecule has 3 aromatic rings.